The fourth-order valence-corrected chi connectivity index (χ4v) is 4.10. The molecule has 2 aliphatic heterocycles. The molecule has 2 heterocycles. The first kappa shape index (κ1) is 20.1. The van der Waals surface area contributed by atoms with Gasteiger partial charge in [0.1, 0.15) is 0 Å². The second-order valence-corrected chi connectivity index (χ2v) is 7.45. The molecule has 0 unspecified atom stereocenters. The Morgan fingerprint density at radius 1 is 1.07 bits per heavy atom. The number of anilines is 1. The Morgan fingerprint density at radius 2 is 1.71 bits per heavy atom. The molecule has 152 valence electrons. The number of amides is 1. The number of benzene rings is 1. The van der Waals surface area contributed by atoms with Crippen LogP contribution in [-0.4, -0.2) is 55.0 Å². The van der Waals surface area contributed by atoms with Crippen LogP contribution in [0.3, 0.4) is 0 Å². The summed E-state index contributed by atoms with van der Waals surface area (Å²) in [7, 11) is 1.26. The fraction of sp³-hybridized carbons (Fsp3) is 0.600. The van der Waals surface area contributed by atoms with Crippen LogP contribution in [0.2, 0.25) is 0 Å². The zero-order chi connectivity index (χ0) is 20.1. The molecule has 0 aliphatic carbocycles. The third-order valence-corrected chi connectivity index (χ3v) is 5.70. The molecule has 28 heavy (non-hydrogen) atoms. The normalized spacial score (nSPS) is 18.5. The van der Waals surface area contributed by atoms with Crippen molar-refractivity contribution >= 4 is 23.3 Å². The highest BCUT2D eigenvalue weighted by molar-refractivity contribution is 5.96. The van der Waals surface area contributed by atoms with Crippen molar-refractivity contribution in [3.05, 3.63) is 33.9 Å². The number of hydrogen-bond donors (Lipinski definition) is 0. The van der Waals surface area contributed by atoms with Gasteiger partial charge in [-0.25, -0.2) is 4.79 Å². The lowest BCUT2D eigenvalue weighted by Gasteiger charge is -2.35. The molecular formula is C20H27N3O5. The van der Waals surface area contributed by atoms with Crippen LogP contribution in [0.1, 0.15) is 48.9 Å². The lowest BCUT2D eigenvalue weighted by Crippen LogP contribution is -2.43. The average molecular weight is 389 g/mol. The van der Waals surface area contributed by atoms with Gasteiger partial charge in [-0.1, -0.05) is 12.8 Å². The Bertz CT molecular complexity index is 735. The Balaban J connectivity index is 1.69. The van der Waals surface area contributed by atoms with E-state index in [1.165, 1.54) is 32.1 Å². The smallest absolute Gasteiger partial charge is 0.340 e. The number of carbonyl (C=O) groups is 2. The van der Waals surface area contributed by atoms with Crippen LogP contribution in [0.25, 0.3) is 0 Å². The van der Waals surface area contributed by atoms with Crippen molar-refractivity contribution in [2.24, 2.45) is 5.92 Å². The minimum absolute atomic E-state index is 0.00831. The molecule has 3 rings (SSSR count). The van der Waals surface area contributed by atoms with E-state index in [1.807, 2.05) is 9.80 Å². The molecule has 0 saturated carbocycles. The first-order chi connectivity index (χ1) is 13.5. The number of esters is 1. The van der Waals surface area contributed by atoms with E-state index < -0.39 is 10.9 Å². The topological polar surface area (TPSA) is 93.0 Å². The molecule has 0 bridgehead atoms. The molecule has 2 fully saturated rings. The number of nitro benzene ring substituents is 1. The van der Waals surface area contributed by atoms with E-state index >= 15 is 0 Å². The number of nitrogens with zero attached hydrogens (tertiary/aromatic N) is 3. The SMILES string of the molecule is COC(=O)c1cc([N+](=O)[O-])ccc1N1CCC(C(=O)N2CCCCCC2)CC1. The number of likely N-dealkylation sites (tertiary alicyclic amines) is 1. The number of piperidine rings is 1. The van der Waals surface area contributed by atoms with Gasteiger partial charge < -0.3 is 14.5 Å². The summed E-state index contributed by atoms with van der Waals surface area (Å²) in [5.41, 5.74) is 0.669. The van der Waals surface area contributed by atoms with Crippen molar-refractivity contribution in [1.82, 2.24) is 4.90 Å². The maximum atomic E-state index is 12.8. The highest BCUT2D eigenvalue weighted by atomic mass is 16.6. The third kappa shape index (κ3) is 4.43. The number of ether oxygens (including phenoxy) is 1. The van der Waals surface area contributed by atoms with Crippen LogP contribution in [0.15, 0.2) is 18.2 Å². The number of carbonyl (C=O) groups excluding carboxylic acids is 2. The maximum absolute atomic E-state index is 12.8. The van der Waals surface area contributed by atoms with Crippen LogP contribution in [-0.2, 0) is 9.53 Å². The Kier molecular flexibility index (Phi) is 6.49. The Labute approximate surface area is 164 Å². The minimum Gasteiger partial charge on any atom is -0.465 e. The summed E-state index contributed by atoms with van der Waals surface area (Å²) in [5, 5.41) is 11.0. The molecule has 1 amide bonds. The van der Waals surface area contributed by atoms with Gasteiger partial charge in [-0.05, 0) is 31.7 Å². The van der Waals surface area contributed by atoms with E-state index in [0.29, 0.717) is 31.6 Å². The molecule has 0 N–H and O–H groups in total. The predicted octanol–water partition coefficient (Wildman–Crippen LogP) is 3.00. The zero-order valence-electron chi connectivity index (χ0n) is 16.3. The summed E-state index contributed by atoms with van der Waals surface area (Å²) in [6.45, 7) is 2.97. The Morgan fingerprint density at radius 3 is 2.29 bits per heavy atom. The molecule has 2 aliphatic rings. The molecule has 1 aromatic carbocycles. The zero-order valence-corrected chi connectivity index (χ0v) is 16.3. The van der Waals surface area contributed by atoms with Gasteiger partial charge >= 0.3 is 5.97 Å². The summed E-state index contributed by atoms with van der Waals surface area (Å²) < 4.78 is 4.80. The quantitative estimate of drug-likeness (QED) is 0.446. The predicted molar refractivity (Wildman–Crippen MR) is 104 cm³/mol. The number of non-ortho nitro benzene ring substituents is 1. The first-order valence-electron chi connectivity index (χ1n) is 9.91. The molecular weight excluding hydrogens is 362 g/mol. The number of hydrogen-bond acceptors (Lipinski definition) is 6. The molecule has 1 aromatic rings. The van der Waals surface area contributed by atoms with E-state index in [4.69, 9.17) is 4.74 Å². The van der Waals surface area contributed by atoms with Gasteiger partial charge in [0.15, 0.2) is 0 Å². The van der Waals surface area contributed by atoms with Crippen LogP contribution >= 0.6 is 0 Å². The summed E-state index contributed by atoms with van der Waals surface area (Å²) in [4.78, 5) is 39.5. The van der Waals surface area contributed by atoms with Crippen molar-refractivity contribution < 1.29 is 19.2 Å². The summed E-state index contributed by atoms with van der Waals surface area (Å²) in [6.07, 6.45) is 5.98. The van der Waals surface area contributed by atoms with Crippen molar-refractivity contribution in [1.29, 1.82) is 0 Å². The van der Waals surface area contributed by atoms with Gasteiger partial charge in [0.05, 0.1) is 23.3 Å². The summed E-state index contributed by atoms with van der Waals surface area (Å²) in [5.74, 6) is -0.339. The second-order valence-electron chi connectivity index (χ2n) is 7.45. The molecule has 0 aromatic heterocycles. The average Bonchev–Trinajstić information content (AvgIpc) is 3.02. The van der Waals surface area contributed by atoms with Gasteiger partial charge in [-0.15, -0.1) is 0 Å². The van der Waals surface area contributed by atoms with Gasteiger partial charge in [-0.2, -0.15) is 0 Å². The van der Waals surface area contributed by atoms with Crippen molar-refractivity contribution in [2.45, 2.75) is 38.5 Å². The molecule has 0 spiro atoms. The minimum atomic E-state index is -0.596. The van der Waals surface area contributed by atoms with E-state index in [0.717, 1.165) is 25.9 Å². The summed E-state index contributed by atoms with van der Waals surface area (Å²) >= 11 is 0. The van der Waals surface area contributed by atoms with Crippen LogP contribution in [0.5, 0.6) is 0 Å². The lowest BCUT2D eigenvalue weighted by atomic mass is 9.94. The fourth-order valence-electron chi connectivity index (χ4n) is 4.10. The Hall–Kier alpha value is -2.64. The van der Waals surface area contributed by atoms with Crippen molar-refractivity contribution in [2.75, 3.05) is 38.2 Å². The van der Waals surface area contributed by atoms with Crippen molar-refractivity contribution in [3.63, 3.8) is 0 Å². The van der Waals surface area contributed by atoms with E-state index in [-0.39, 0.29) is 23.1 Å². The standard InChI is InChI=1S/C20H27N3O5/c1-28-20(25)17-14-16(23(26)27)6-7-18(17)21-12-8-15(9-13-21)19(24)22-10-4-2-3-5-11-22/h6-7,14-15H,2-5,8-13H2,1H3. The summed E-state index contributed by atoms with van der Waals surface area (Å²) in [6, 6.07) is 4.26. The monoisotopic (exact) mass is 389 g/mol. The highest BCUT2D eigenvalue weighted by Gasteiger charge is 2.30. The largest absolute Gasteiger partial charge is 0.465 e. The van der Waals surface area contributed by atoms with Crippen LogP contribution in [0, 0.1) is 16.0 Å². The van der Waals surface area contributed by atoms with Crippen molar-refractivity contribution in [3.8, 4) is 0 Å². The van der Waals surface area contributed by atoms with E-state index in [2.05, 4.69) is 0 Å². The third-order valence-electron chi connectivity index (χ3n) is 5.70. The maximum Gasteiger partial charge on any atom is 0.340 e. The second kappa shape index (κ2) is 9.03. The van der Waals surface area contributed by atoms with Gasteiger partial charge in [-0.3, -0.25) is 14.9 Å². The molecule has 8 nitrogen and oxygen atoms in total. The highest BCUT2D eigenvalue weighted by Crippen LogP contribution is 2.30. The van der Waals surface area contributed by atoms with Gasteiger partial charge in [0, 0.05) is 44.2 Å². The lowest BCUT2D eigenvalue weighted by molar-refractivity contribution is -0.384. The number of nitro groups is 1. The van der Waals surface area contributed by atoms with Gasteiger partial charge in [0.25, 0.3) is 5.69 Å². The van der Waals surface area contributed by atoms with Gasteiger partial charge in [0.2, 0.25) is 5.91 Å². The van der Waals surface area contributed by atoms with Crippen LogP contribution < -0.4 is 4.90 Å². The molecule has 0 radical (unpaired) electrons. The van der Waals surface area contributed by atoms with E-state index in [1.54, 1.807) is 6.07 Å². The first-order valence-corrected chi connectivity index (χ1v) is 9.91. The van der Waals surface area contributed by atoms with E-state index in [9.17, 15) is 19.7 Å². The molecule has 8 heteroatoms. The number of rotatable bonds is 4. The molecule has 0 atom stereocenters. The van der Waals surface area contributed by atoms with Crippen LogP contribution in [0.4, 0.5) is 11.4 Å². The number of methoxy groups -OCH3 is 1. The molecule has 2 saturated heterocycles.